The Morgan fingerprint density at radius 1 is 0.643 bits per heavy atom. The first-order valence-electron chi connectivity index (χ1n) is 8.91. The maximum absolute atomic E-state index is 4.70. The molecule has 0 unspecified atom stereocenters. The third kappa shape index (κ3) is 4.99. The molecule has 0 bridgehead atoms. The maximum Gasteiger partial charge on any atom is 0.164 e. The molecule has 0 saturated heterocycles. The van der Waals surface area contributed by atoms with Gasteiger partial charge < -0.3 is 0 Å². The van der Waals surface area contributed by atoms with E-state index in [2.05, 4.69) is 27.5 Å². The van der Waals surface area contributed by atoms with Gasteiger partial charge in [0.15, 0.2) is 17.5 Å². The number of nitrogens with zero attached hydrogens (tertiary/aromatic N) is 3. The lowest BCUT2D eigenvalue weighted by atomic mass is 10.1. The van der Waals surface area contributed by atoms with Gasteiger partial charge in [-0.2, -0.15) is 0 Å². The molecule has 0 saturated carbocycles. The summed E-state index contributed by atoms with van der Waals surface area (Å²) in [5, 5.41) is 0. The number of hydrogen-bond donors (Lipinski definition) is 0. The maximum atomic E-state index is 4.70. The third-order valence-corrected chi connectivity index (χ3v) is 4.28. The molecule has 1 heterocycles. The van der Waals surface area contributed by atoms with Crippen molar-refractivity contribution < 1.29 is 0 Å². The van der Waals surface area contributed by atoms with Crippen LogP contribution in [-0.4, -0.2) is 15.0 Å². The van der Waals surface area contributed by atoms with Crippen molar-refractivity contribution in [1.29, 1.82) is 0 Å². The highest BCUT2D eigenvalue weighted by atomic mass is 79.9. The molecule has 28 heavy (non-hydrogen) atoms. The molecule has 3 nitrogen and oxygen atoms in total. The second-order valence-corrected chi connectivity index (χ2v) is 6.87. The van der Waals surface area contributed by atoms with Crippen molar-refractivity contribution in [2.45, 2.75) is 6.92 Å². The lowest BCUT2D eigenvalue weighted by Crippen LogP contribution is -2.00. The van der Waals surface area contributed by atoms with Gasteiger partial charge in [-0.25, -0.2) is 15.0 Å². The monoisotopic (exact) mass is 429 g/mol. The highest BCUT2D eigenvalue weighted by Crippen LogP contribution is 2.25. The van der Waals surface area contributed by atoms with E-state index < -0.39 is 0 Å². The second kappa shape index (κ2) is 9.72. The summed E-state index contributed by atoms with van der Waals surface area (Å²) in [6.45, 7) is 5.25. The van der Waals surface area contributed by atoms with E-state index in [9.17, 15) is 0 Å². The van der Waals surface area contributed by atoms with E-state index >= 15 is 0 Å². The molecule has 0 aliphatic rings. The smallest absolute Gasteiger partial charge is 0.164 e. The van der Waals surface area contributed by atoms with E-state index in [0.29, 0.717) is 17.5 Å². The van der Waals surface area contributed by atoms with Crippen molar-refractivity contribution in [3.05, 3.63) is 102 Å². The molecule has 0 radical (unpaired) electrons. The van der Waals surface area contributed by atoms with Gasteiger partial charge in [0.05, 0.1) is 0 Å². The fraction of sp³-hybridized carbons (Fsp3) is 0.0417. The van der Waals surface area contributed by atoms with Gasteiger partial charge in [0, 0.05) is 21.2 Å². The minimum Gasteiger partial charge on any atom is -0.208 e. The number of hydrogen-bond acceptors (Lipinski definition) is 3. The SMILES string of the molecule is Brc1cccc(-c2nc(-c3ccccc3)nc(-c3ccccc3)n2)c1.C=CC. The Morgan fingerprint density at radius 3 is 1.46 bits per heavy atom. The van der Waals surface area contributed by atoms with E-state index in [-0.39, 0.29) is 0 Å². The Morgan fingerprint density at radius 2 is 1.04 bits per heavy atom. The number of benzene rings is 3. The van der Waals surface area contributed by atoms with E-state index in [0.717, 1.165) is 21.2 Å². The van der Waals surface area contributed by atoms with Crippen LogP contribution in [0.3, 0.4) is 0 Å². The van der Waals surface area contributed by atoms with Crippen LogP contribution in [0, 0.1) is 0 Å². The molecule has 3 aromatic carbocycles. The molecule has 0 N–H and O–H groups in total. The summed E-state index contributed by atoms with van der Waals surface area (Å²) in [5.74, 6) is 2.00. The Bertz CT molecular complexity index is 990. The Hall–Kier alpha value is -3.11. The highest BCUT2D eigenvalue weighted by molar-refractivity contribution is 9.10. The van der Waals surface area contributed by atoms with Crippen LogP contribution in [0.2, 0.25) is 0 Å². The molecular formula is C24H20BrN3. The fourth-order valence-electron chi connectivity index (χ4n) is 2.57. The van der Waals surface area contributed by atoms with Crippen LogP contribution in [0.15, 0.2) is 102 Å². The molecule has 1 aromatic heterocycles. The average molecular weight is 430 g/mol. The summed E-state index contributed by atoms with van der Waals surface area (Å²) < 4.78 is 0.993. The van der Waals surface area contributed by atoms with Crippen LogP contribution in [0.4, 0.5) is 0 Å². The molecule has 0 aliphatic carbocycles. The Kier molecular flexibility index (Phi) is 6.82. The first kappa shape index (κ1) is 19.6. The lowest BCUT2D eigenvalue weighted by Gasteiger charge is -2.08. The summed E-state index contributed by atoms with van der Waals surface area (Å²) >= 11 is 3.52. The summed E-state index contributed by atoms with van der Waals surface area (Å²) in [4.78, 5) is 14.1. The van der Waals surface area contributed by atoms with E-state index in [1.165, 1.54) is 0 Å². The van der Waals surface area contributed by atoms with Crippen LogP contribution >= 0.6 is 15.9 Å². The van der Waals surface area contributed by atoms with Crippen molar-refractivity contribution in [1.82, 2.24) is 15.0 Å². The topological polar surface area (TPSA) is 38.7 Å². The van der Waals surface area contributed by atoms with Gasteiger partial charge >= 0.3 is 0 Å². The summed E-state index contributed by atoms with van der Waals surface area (Å²) in [6.07, 6.45) is 1.75. The summed E-state index contributed by atoms with van der Waals surface area (Å²) in [7, 11) is 0. The van der Waals surface area contributed by atoms with Crippen molar-refractivity contribution in [2.24, 2.45) is 0 Å². The van der Waals surface area contributed by atoms with E-state index in [4.69, 9.17) is 9.97 Å². The minimum atomic E-state index is 0.661. The zero-order chi connectivity index (χ0) is 19.8. The summed E-state index contributed by atoms with van der Waals surface area (Å²) in [6, 6.07) is 27.9. The average Bonchev–Trinajstić information content (AvgIpc) is 2.75. The largest absolute Gasteiger partial charge is 0.208 e. The van der Waals surface area contributed by atoms with Crippen LogP contribution in [-0.2, 0) is 0 Å². The van der Waals surface area contributed by atoms with Crippen molar-refractivity contribution in [3.63, 3.8) is 0 Å². The predicted molar refractivity (Wildman–Crippen MR) is 120 cm³/mol. The predicted octanol–water partition coefficient (Wildman–Crippen LogP) is 6.83. The molecule has 0 amide bonds. The van der Waals surface area contributed by atoms with Crippen molar-refractivity contribution in [3.8, 4) is 34.2 Å². The Balaban J connectivity index is 0.000000706. The van der Waals surface area contributed by atoms with Crippen LogP contribution < -0.4 is 0 Å². The quantitative estimate of drug-likeness (QED) is 0.335. The molecule has 138 valence electrons. The van der Waals surface area contributed by atoms with E-state index in [1.54, 1.807) is 6.08 Å². The second-order valence-electron chi connectivity index (χ2n) is 5.96. The third-order valence-electron chi connectivity index (χ3n) is 3.78. The van der Waals surface area contributed by atoms with Crippen LogP contribution in [0.25, 0.3) is 34.2 Å². The zero-order valence-electron chi connectivity index (χ0n) is 15.6. The molecular weight excluding hydrogens is 410 g/mol. The Labute approximate surface area is 174 Å². The van der Waals surface area contributed by atoms with Crippen molar-refractivity contribution >= 4 is 15.9 Å². The number of aromatic nitrogens is 3. The van der Waals surface area contributed by atoms with Gasteiger partial charge in [-0.05, 0) is 19.1 Å². The first-order chi connectivity index (χ1) is 13.7. The highest BCUT2D eigenvalue weighted by Gasteiger charge is 2.11. The molecule has 0 fully saturated rings. The molecule has 0 aliphatic heterocycles. The lowest BCUT2D eigenvalue weighted by molar-refractivity contribution is 1.07. The van der Waals surface area contributed by atoms with Crippen LogP contribution in [0.1, 0.15) is 6.92 Å². The number of allylic oxidation sites excluding steroid dienone is 1. The van der Waals surface area contributed by atoms with Crippen LogP contribution in [0.5, 0.6) is 0 Å². The zero-order valence-corrected chi connectivity index (χ0v) is 17.2. The number of rotatable bonds is 3. The van der Waals surface area contributed by atoms with Gasteiger partial charge in [-0.15, -0.1) is 6.58 Å². The molecule has 4 heteroatoms. The standard InChI is InChI=1S/C21H14BrN3.C3H6/c22-18-13-7-12-17(14-18)21-24-19(15-8-3-1-4-9-15)23-20(25-21)16-10-5-2-6-11-16;1-3-2/h1-14H;3H,1H2,2H3. The van der Waals surface area contributed by atoms with Gasteiger partial charge in [-0.3, -0.25) is 0 Å². The van der Waals surface area contributed by atoms with Crippen molar-refractivity contribution in [2.75, 3.05) is 0 Å². The van der Waals surface area contributed by atoms with Gasteiger partial charge in [-0.1, -0.05) is 94.8 Å². The van der Waals surface area contributed by atoms with Gasteiger partial charge in [0.25, 0.3) is 0 Å². The minimum absolute atomic E-state index is 0.661. The summed E-state index contributed by atoms with van der Waals surface area (Å²) in [5.41, 5.74) is 2.89. The van der Waals surface area contributed by atoms with Gasteiger partial charge in [0.2, 0.25) is 0 Å². The normalized spacial score (nSPS) is 9.93. The molecule has 0 spiro atoms. The first-order valence-corrected chi connectivity index (χ1v) is 9.70. The van der Waals surface area contributed by atoms with E-state index in [1.807, 2.05) is 91.9 Å². The van der Waals surface area contributed by atoms with Gasteiger partial charge in [0.1, 0.15) is 0 Å². The number of halogens is 1. The molecule has 4 rings (SSSR count). The molecule has 0 atom stereocenters. The fourth-order valence-corrected chi connectivity index (χ4v) is 2.96. The molecule has 4 aromatic rings.